The van der Waals surface area contributed by atoms with Crippen LogP contribution in [-0.2, 0) is 0 Å². The van der Waals surface area contributed by atoms with Crippen LogP contribution in [0, 0.1) is 0 Å². The first-order valence-electron chi connectivity index (χ1n) is 3.81. The lowest BCUT2D eigenvalue weighted by Crippen LogP contribution is -2.43. The number of aliphatic hydroxyl groups is 1. The molecule has 0 aromatic rings. The Labute approximate surface area is 62.0 Å². The van der Waals surface area contributed by atoms with Crippen LogP contribution in [0.4, 0.5) is 0 Å². The van der Waals surface area contributed by atoms with Crippen molar-refractivity contribution in [1.29, 1.82) is 0 Å². The van der Waals surface area contributed by atoms with E-state index >= 15 is 0 Å². The Balaban J connectivity index is 2.26. The van der Waals surface area contributed by atoms with Gasteiger partial charge in [0.1, 0.15) is 0 Å². The first-order valence-corrected chi connectivity index (χ1v) is 3.81. The molecule has 60 valence electrons. The molecule has 0 aliphatic heterocycles. The summed E-state index contributed by atoms with van der Waals surface area (Å²) in [6.45, 7) is 0. The van der Waals surface area contributed by atoms with Crippen molar-refractivity contribution >= 4 is 0 Å². The third-order valence-corrected chi connectivity index (χ3v) is 1.90. The van der Waals surface area contributed by atoms with Gasteiger partial charge in [-0.25, -0.2) is 0 Å². The van der Waals surface area contributed by atoms with E-state index in [1.165, 1.54) is 0 Å². The second-order valence-electron chi connectivity index (χ2n) is 3.13. The van der Waals surface area contributed by atoms with E-state index in [2.05, 4.69) is 5.43 Å². The van der Waals surface area contributed by atoms with Gasteiger partial charge in [0, 0.05) is 20.1 Å². The van der Waals surface area contributed by atoms with Gasteiger partial charge in [-0.15, -0.1) is 0 Å². The summed E-state index contributed by atoms with van der Waals surface area (Å²) >= 11 is 0. The van der Waals surface area contributed by atoms with Crippen LogP contribution in [0.1, 0.15) is 19.3 Å². The smallest absolute Gasteiger partial charge is 0.0706 e. The highest BCUT2D eigenvalue weighted by atomic mass is 16.3. The first kappa shape index (κ1) is 7.98. The predicted octanol–water partition coefficient (Wildman–Crippen LogP) is -0.0340. The zero-order valence-electron chi connectivity index (χ0n) is 6.67. The molecule has 2 atom stereocenters. The summed E-state index contributed by atoms with van der Waals surface area (Å²) in [6, 6.07) is 0.287. The number of hydrogen-bond donors (Lipinski definition) is 2. The topological polar surface area (TPSA) is 35.5 Å². The maximum Gasteiger partial charge on any atom is 0.0706 e. The van der Waals surface area contributed by atoms with Crippen LogP contribution in [0.25, 0.3) is 0 Å². The molecule has 0 aromatic carbocycles. The number of hydrogen-bond acceptors (Lipinski definition) is 3. The molecular formula is C7H16N2O. The van der Waals surface area contributed by atoms with Crippen LogP contribution in [0.15, 0.2) is 0 Å². The zero-order chi connectivity index (χ0) is 7.56. The standard InChI is InChI=1S/C7H16N2O/c1-9(2)8-6-4-3-5-7(6)10/h6-8,10H,3-5H2,1-2H3/t6-,7-/m0/s1. The maximum atomic E-state index is 9.35. The van der Waals surface area contributed by atoms with E-state index in [1.807, 2.05) is 19.1 Å². The van der Waals surface area contributed by atoms with E-state index in [-0.39, 0.29) is 12.1 Å². The van der Waals surface area contributed by atoms with Gasteiger partial charge in [-0.1, -0.05) is 0 Å². The van der Waals surface area contributed by atoms with Gasteiger partial charge in [-0.3, -0.25) is 10.4 Å². The minimum atomic E-state index is -0.137. The Bertz CT molecular complexity index is 106. The predicted molar refractivity (Wildman–Crippen MR) is 40.5 cm³/mol. The molecule has 3 nitrogen and oxygen atoms in total. The molecule has 3 heteroatoms. The summed E-state index contributed by atoms with van der Waals surface area (Å²) in [5.74, 6) is 0. The van der Waals surface area contributed by atoms with E-state index in [4.69, 9.17) is 0 Å². The van der Waals surface area contributed by atoms with Gasteiger partial charge >= 0.3 is 0 Å². The lowest BCUT2D eigenvalue weighted by molar-refractivity contribution is 0.109. The zero-order valence-corrected chi connectivity index (χ0v) is 6.67. The van der Waals surface area contributed by atoms with Gasteiger partial charge in [0.15, 0.2) is 0 Å². The molecule has 1 fully saturated rings. The second-order valence-corrected chi connectivity index (χ2v) is 3.13. The molecule has 0 saturated heterocycles. The molecule has 1 saturated carbocycles. The first-order chi connectivity index (χ1) is 4.70. The summed E-state index contributed by atoms with van der Waals surface area (Å²) in [4.78, 5) is 0. The van der Waals surface area contributed by atoms with Crippen LogP contribution in [0.5, 0.6) is 0 Å². The van der Waals surface area contributed by atoms with Crippen LogP contribution < -0.4 is 5.43 Å². The Kier molecular flexibility index (Phi) is 2.65. The quantitative estimate of drug-likeness (QED) is 0.534. The van der Waals surface area contributed by atoms with E-state index in [0.717, 1.165) is 19.3 Å². The van der Waals surface area contributed by atoms with Crippen molar-refractivity contribution in [2.24, 2.45) is 0 Å². The van der Waals surface area contributed by atoms with Crippen molar-refractivity contribution in [2.45, 2.75) is 31.4 Å². The minimum Gasteiger partial charge on any atom is -0.391 e. The fourth-order valence-corrected chi connectivity index (χ4v) is 1.42. The normalized spacial score (nSPS) is 33.6. The van der Waals surface area contributed by atoms with E-state index in [9.17, 15) is 5.11 Å². The molecule has 1 aliphatic rings. The molecule has 0 aromatic heterocycles. The number of aliphatic hydroxyl groups excluding tert-OH is 1. The van der Waals surface area contributed by atoms with Gasteiger partial charge in [-0.2, -0.15) is 0 Å². The Morgan fingerprint density at radius 1 is 1.40 bits per heavy atom. The number of rotatable bonds is 2. The second kappa shape index (κ2) is 3.32. The fraction of sp³-hybridized carbons (Fsp3) is 1.00. The molecule has 0 amide bonds. The van der Waals surface area contributed by atoms with Gasteiger partial charge in [-0.05, 0) is 19.3 Å². The minimum absolute atomic E-state index is 0.137. The third kappa shape index (κ3) is 1.94. The Morgan fingerprint density at radius 3 is 2.50 bits per heavy atom. The lowest BCUT2D eigenvalue weighted by Gasteiger charge is -2.21. The third-order valence-electron chi connectivity index (χ3n) is 1.90. The number of nitrogens with zero attached hydrogens (tertiary/aromatic N) is 1. The molecule has 0 radical (unpaired) electrons. The highest BCUT2D eigenvalue weighted by molar-refractivity contribution is 4.80. The van der Waals surface area contributed by atoms with Crippen LogP contribution in [0.3, 0.4) is 0 Å². The SMILES string of the molecule is CN(C)N[C@H]1CCC[C@@H]1O. The molecule has 0 spiro atoms. The van der Waals surface area contributed by atoms with E-state index in [1.54, 1.807) is 0 Å². The summed E-state index contributed by atoms with van der Waals surface area (Å²) < 4.78 is 0. The summed E-state index contributed by atoms with van der Waals surface area (Å²) in [5, 5.41) is 11.3. The average molecular weight is 144 g/mol. The summed E-state index contributed by atoms with van der Waals surface area (Å²) in [6.07, 6.45) is 3.06. The molecule has 0 heterocycles. The molecule has 10 heavy (non-hydrogen) atoms. The molecule has 0 bridgehead atoms. The van der Waals surface area contributed by atoms with E-state index < -0.39 is 0 Å². The number of nitrogens with one attached hydrogen (secondary N) is 1. The lowest BCUT2D eigenvalue weighted by atomic mass is 10.2. The van der Waals surface area contributed by atoms with Crippen molar-refractivity contribution in [2.75, 3.05) is 14.1 Å². The van der Waals surface area contributed by atoms with Crippen molar-refractivity contribution < 1.29 is 5.11 Å². The average Bonchev–Trinajstić information content (AvgIpc) is 2.15. The van der Waals surface area contributed by atoms with Crippen LogP contribution >= 0.6 is 0 Å². The van der Waals surface area contributed by atoms with Gasteiger partial charge in [0.05, 0.1) is 6.10 Å². The molecule has 2 N–H and O–H groups in total. The monoisotopic (exact) mass is 144 g/mol. The van der Waals surface area contributed by atoms with E-state index in [0.29, 0.717) is 0 Å². The van der Waals surface area contributed by atoms with Crippen molar-refractivity contribution in [3.05, 3.63) is 0 Å². The molecule has 1 aliphatic carbocycles. The van der Waals surface area contributed by atoms with Crippen LogP contribution in [0.2, 0.25) is 0 Å². The van der Waals surface area contributed by atoms with Gasteiger partial charge in [0.25, 0.3) is 0 Å². The van der Waals surface area contributed by atoms with Gasteiger partial charge < -0.3 is 5.11 Å². The largest absolute Gasteiger partial charge is 0.391 e. The molecule has 1 rings (SSSR count). The maximum absolute atomic E-state index is 9.35. The van der Waals surface area contributed by atoms with Crippen molar-refractivity contribution in [3.8, 4) is 0 Å². The molecular weight excluding hydrogens is 128 g/mol. The summed E-state index contributed by atoms with van der Waals surface area (Å²) in [5.41, 5.74) is 3.17. The highest BCUT2D eigenvalue weighted by Crippen LogP contribution is 2.18. The Morgan fingerprint density at radius 2 is 2.10 bits per heavy atom. The van der Waals surface area contributed by atoms with Crippen LogP contribution in [-0.4, -0.2) is 36.4 Å². The van der Waals surface area contributed by atoms with Crippen molar-refractivity contribution in [1.82, 2.24) is 10.4 Å². The van der Waals surface area contributed by atoms with Gasteiger partial charge in [0.2, 0.25) is 0 Å². The highest BCUT2D eigenvalue weighted by Gasteiger charge is 2.24. The fourth-order valence-electron chi connectivity index (χ4n) is 1.42. The Hall–Kier alpha value is -0.120. The number of hydrazine groups is 1. The summed E-state index contributed by atoms with van der Waals surface area (Å²) in [7, 11) is 3.90. The van der Waals surface area contributed by atoms with Crippen molar-refractivity contribution in [3.63, 3.8) is 0 Å². The molecule has 0 unspecified atom stereocenters.